The van der Waals surface area contributed by atoms with E-state index in [9.17, 15) is 14.4 Å². The fraction of sp³-hybridized carbons (Fsp3) is 0.346. The zero-order valence-corrected chi connectivity index (χ0v) is 18.2. The van der Waals surface area contributed by atoms with Gasteiger partial charge in [0.05, 0.1) is 12.5 Å². The van der Waals surface area contributed by atoms with Crippen LogP contribution in [-0.4, -0.2) is 42.8 Å². The molecule has 33 heavy (non-hydrogen) atoms. The molecule has 2 amide bonds. The van der Waals surface area contributed by atoms with Crippen molar-refractivity contribution in [1.82, 2.24) is 10.6 Å². The number of fused-ring (bicyclic) bond motifs is 3. The van der Waals surface area contributed by atoms with Crippen LogP contribution in [0, 0.1) is 23.7 Å². The Balaban J connectivity index is 1.32. The zero-order valence-electron chi connectivity index (χ0n) is 18.2. The van der Waals surface area contributed by atoms with Gasteiger partial charge in [-0.15, -0.1) is 0 Å². The molecule has 3 N–H and O–H groups in total. The van der Waals surface area contributed by atoms with Gasteiger partial charge in [-0.2, -0.15) is 0 Å². The van der Waals surface area contributed by atoms with Crippen molar-refractivity contribution < 1.29 is 24.2 Å². The minimum atomic E-state index is -1.24. The van der Waals surface area contributed by atoms with Gasteiger partial charge in [-0.05, 0) is 41.0 Å². The minimum absolute atomic E-state index is 0.0262. The maximum Gasteiger partial charge on any atom is 0.407 e. The highest BCUT2D eigenvalue weighted by Crippen LogP contribution is 2.44. The number of carboxylic acids is 1. The number of hydrogen-bond donors (Lipinski definition) is 3. The number of carboxylic acid groups (broad SMARTS) is 1. The molecule has 2 aromatic rings. The summed E-state index contributed by atoms with van der Waals surface area (Å²) < 4.78 is 5.56. The van der Waals surface area contributed by atoms with Crippen molar-refractivity contribution in [3.05, 3.63) is 59.7 Å². The number of aliphatic carboxylic acids is 1. The molecule has 1 saturated carbocycles. The Kier molecular flexibility index (Phi) is 6.94. The van der Waals surface area contributed by atoms with Gasteiger partial charge in [-0.25, -0.2) is 9.59 Å². The van der Waals surface area contributed by atoms with E-state index in [-0.39, 0.29) is 37.4 Å². The third-order valence-corrected chi connectivity index (χ3v) is 6.41. The number of benzene rings is 2. The van der Waals surface area contributed by atoms with Crippen molar-refractivity contribution in [2.45, 2.75) is 25.2 Å². The summed E-state index contributed by atoms with van der Waals surface area (Å²) >= 11 is 0. The van der Waals surface area contributed by atoms with Gasteiger partial charge in [-0.1, -0.05) is 60.9 Å². The minimum Gasteiger partial charge on any atom is -0.472 e. The van der Waals surface area contributed by atoms with Crippen LogP contribution >= 0.6 is 0 Å². The summed E-state index contributed by atoms with van der Waals surface area (Å²) in [4.78, 5) is 35.5. The van der Waals surface area contributed by atoms with Crippen molar-refractivity contribution in [2.75, 3.05) is 19.7 Å². The molecule has 7 heteroatoms. The highest BCUT2D eigenvalue weighted by Gasteiger charge is 2.33. The first kappa shape index (κ1) is 22.4. The second-order valence-corrected chi connectivity index (χ2v) is 8.33. The molecule has 0 radical (unpaired) electrons. The monoisotopic (exact) mass is 446 g/mol. The quantitative estimate of drug-likeness (QED) is 0.567. The summed E-state index contributed by atoms with van der Waals surface area (Å²) in [6, 6.07) is 16.3. The first-order valence-corrected chi connectivity index (χ1v) is 11.1. The number of alkyl carbamates (subject to hydrolysis) is 1. The number of rotatable bonds is 7. The molecule has 1 fully saturated rings. The molecule has 1 unspecified atom stereocenters. The normalized spacial score (nSPS) is 15.2. The number of ether oxygens (including phenoxy) is 1. The summed E-state index contributed by atoms with van der Waals surface area (Å²) in [7, 11) is 0. The van der Waals surface area contributed by atoms with Crippen LogP contribution in [0.3, 0.4) is 0 Å². The number of carbonyl (C=O) groups is 3. The maximum atomic E-state index is 12.6. The van der Waals surface area contributed by atoms with E-state index in [1.54, 1.807) is 0 Å². The highest BCUT2D eigenvalue weighted by molar-refractivity contribution is 5.86. The van der Waals surface area contributed by atoms with Gasteiger partial charge in [0.15, 0.2) is 0 Å². The van der Waals surface area contributed by atoms with Crippen molar-refractivity contribution in [3.8, 4) is 23.0 Å². The Morgan fingerprint density at radius 1 is 1.00 bits per heavy atom. The van der Waals surface area contributed by atoms with Gasteiger partial charge in [0.2, 0.25) is 5.91 Å². The van der Waals surface area contributed by atoms with E-state index in [1.807, 2.05) is 30.2 Å². The molecule has 2 aliphatic carbocycles. The van der Waals surface area contributed by atoms with E-state index >= 15 is 0 Å². The van der Waals surface area contributed by atoms with Crippen LogP contribution in [-0.2, 0) is 14.3 Å². The molecule has 0 spiro atoms. The Labute approximate surface area is 192 Å². The van der Waals surface area contributed by atoms with Gasteiger partial charge in [-0.3, -0.25) is 4.79 Å². The second-order valence-electron chi connectivity index (χ2n) is 8.33. The standard InChI is InChI=1S/C26H26N2O5/c29-24(30)13-6-14-27-25(31)22(17-7-5-8-17)15-28-26(32)33-16-23-20-11-3-1-9-18(20)19-10-2-4-12-21(19)23/h1-4,9-12,17,22-23H,5,7-8,14-16H2,(H,27,31)(H,28,32)(H,29,30). The molecular formula is C26H26N2O5. The molecule has 2 aromatic carbocycles. The van der Waals surface area contributed by atoms with E-state index in [0.717, 1.165) is 41.5 Å². The fourth-order valence-electron chi connectivity index (χ4n) is 4.54. The summed E-state index contributed by atoms with van der Waals surface area (Å²) in [5, 5.41) is 13.9. The predicted molar refractivity (Wildman–Crippen MR) is 122 cm³/mol. The third kappa shape index (κ3) is 5.17. The molecule has 0 bridgehead atoms. The number of hydrogen-bond acceptors (Lipinski definition) is 4. The Hall–Kier alpha value is -3.79. The zero-order chi connectivity index (χ0) is 23.2. The van der Waals surface area contributed by atoms with Crippen LogP contribution < -0.4 is 10.6 Å². The predicted octanol–water partition coefficient (Wildman–Crippen LogP) is 3.15. The first-order valence-electron chi connectivity index (χ1n) is 11.1. The Bertz CT molecular complexity index is 1070. The van der Waals surface area contributed by atoms with E-state index in [1.165, 1.54) is 0 Å². The average molecular weight is 447 g/mol. The number of carbonyl (C=O) groups excluding carboxylic acids is 2. The van der Waals surface area contributed by atoms with Crippen LogP contribution in [0.4, 0.5) is 4.79 Å². The van der Waals surface area contributed by atoms with Gasteiger partial charge >= 0.3 is 12.1 Å². The molecule has 7 nitrogen and oxygen atoms in total. The summed E-state index contributed by atoms with van der Waals surface area (Å²) in [6.07, 6.45) is 2.34. The lowest BCUT2D eigenvalue weighted by Gasteiger charge is -2.32. The number of amides is 2. The lowest BCUT2D eigenvalue weighted by Crippen LogP contribution is -2.44. The molecule has 1 atom stereocenters. The summed E-state index contributed by atoms with van der Waals surface area (Å²) in [5.74, 6) is 2.64. The first-order chi connectivity index (χ1) is 16.0. The van der Waals surface area contributed by atoms with Crippen molar-refractivity contribution in [3.63, 3.8) is 0 Å². The lowest BCUT2D eigenvalue weighted by atomic mass is 9.75. The van der Waals surface area contributed by atoms with Crippen molar-refractivity contribution >= 4 is 18.0 Å². The molecular weight excluding hydrogens is 420 g/mol. The van der Waals surface area contributed by atoms with E-state index in [2.05, 4.69) is 40.8 Å². The van der Waals surface area contributed by atoms with Gasteiger partial charge in [0, 0.05) is 18.4 Å². The Morgan fingerprint density at radius 3 is 2.21 bits per heavy atom. The molecule has 0 aromatic heterocycles. The van der Waals surface area contributed by atoms with Crippen LogP contribution in [0.1, 0.15) is 36.3 Å². The molecule has 0 heterocycles. The maximum absolute atomic E-state index is 12.6. The average Bonchev–Trinajstić information content (AvgIpc) is 3.10. The molecule has 4 rings (SSSR count). The Morgan fingerprint density at radius 2 is 1.64 bits per heavy atom. The van der Waals surface area contributed by atoms with Gasteiger partial charge in [0.1, 0.15) is 6.61 Å². The lowest BCUT2D eigenvalue weighted by molar-refractivity contribution is -0.130. The summed E-state index contributed by atoms with van der Waals surface area (Å²) in [5.41, 5.74) is 4.60. The third-order valence-electron chi connectivity index (χ3n) is 6.41. The van der Waals surface area contributed by atoms with E-state index in [0.29, 0.717) is 0 Å². The molecule has 170 valence electrons. The van der Waals surface area contributed by atoms with Crippen LogP contribution in [0.25, 0.3) is 11.1 Å². The second kappa shape index (κ2) is 10.2. The molecule has 0 saturated heterocycles. The van der Waals surface area contributed by atoms with E-state index in [4.69, 9.17) is 9.84 Å². The van der Waals surface area contributed by atoms with E-state index < -0.39 is 18.0 Å². The fourth-order valence-corrected chi connectivity index (χ4v) is 4.54. The van der Waals surface area contributed by atoms with Crippen LogP contribution in [0.2, 0.25) is 0 Å². The number of nitrogens with one attached hydrogen (secondary N) is 2. The van der Waals surface area contributed by atoms with Crippen LogP contribution in [0.5, 0.6) is 0 Å². The van der Waals surface area contributed by atoms with Crippen molar-refractivity contribution in [1.29, 1.82) is 0 Å². The van der Waals surface area contributed by atoms with Crippen LogP contribution in [0.15, 0.2) is 48.5 Å². The SMILES string of the molecule is O=C(O)C#CCNC(=O)C(CNC(=O)OCC1c2ccccc2-c2ccccc21)C1CCC1. The topological polar surface area (TPSA) is 105 Å². The largest absolute Gasteiger partial charge is 0.472 e. The molecule has 0 aliphatic heterocycles. The highest BCUT2D eigenvalue weighted by atomic mass is 16.5. The van der Waals surface area contributed by atoms with Crippen molar-refractivity contribution in [2.24, 2.45) is 11.8 Å². The van der Waals surface area contributed by atoms with Gasteiger partial charge in [0.25, 0.3) is 0 Å². The van der Waals surface area contributed by atoms with Gasteiger partial charge < -0.3 is 20.5 Å². The molecule has 2 aliphatic rings. The summed E-state index contributed by atoms with van der Waals surface area (Å²) in [6.45, 7) is 0.337. The smallest absolute Gasteiger partial charge is 0.407 e.